The average molecular weight is 374 g/mol. The fourth-order valence-electron chi connectivity index (χ4n) is 3.22. The van der Waals surface area contributed by atoms with Gasteiger partial charge in [0.15, 0.2) is 0 Å². The average Bonchev–Trinajstić information content (AvgIpc) is 2.62. The number of aromatic nitrogens is 1. The van der Waals surface area contributed by atoms with Crippen LogP contribution in [0.1, 0.15) is 56.3 Å². The second-order valence-corrected chi connectivity index (χ2v) is 7.49. The SMILES string of the molecule is COc1cc(=O)[nH]cc1C(=O)N[C@@H]1CCCC[C@H]1NC(=O)CC(C)(C)C#N. The van der Waals surface area contributed by atoms with E-state index in [0.717, 1.165) is 25.7 Å². The van der Waals surface area contributed by atoms with Gasteiger partial charge in [0.1, 0.15) is 5.75 Å². The number of amides is 2. The van der Waals surface area contributed by atoms with E-state index in [2.05, 4.69) is 21.7 Å². The molecule has 1 aromatic rings. The molecule has 1 aliphatic rings. The summed E-state index contributed by atoms with van der Waals surface area (Å²) in [6, 6.07) is 2.92. The second-order valence-electron chi connectivity index (χ2n) is 7.49. The highest BCUT2D eigenvalue weighted by Crippen LogP contribution is 2.22. The number of hydrogen-bond donors (Lipinski definition) is 3. The largest absolute Gasteiger partial charge is 0.496 e. The van der Waals surface area contributed by atoms with Crippen LogP contribution >= 0.6 is 0 Å². The Morgan fingerprint density at radius 3 is 2.52 bits per heavy atom. The highest BCUT2D eigenvalue weighted by molar-refractivity contribution is 5.96. The van der Waals surface area contributed by atoms with Crippen LogP contribution in [0, 0.1) is 16.7 Å². The number of aromatic amines is 1. The van der Waals surface area contributed by atoms with Crippen LogP contribution in [-0.2, 0) is 4.79 Å². The molecular formula is C19H26N4O4. The number of rotatable bonds is 6. The molecule has 0 radical (unpaired) electrons. The van der Waals surface area contributed by atoms with E-state index in [4.69, 9.17) is 10.00 Å². The number of nitriles is 1. The lowest BCUT2D eigenvalue weighted by molar-refractivity contribution is -0.123. The third-order valence-electron chi connectivity index (χ3n) is 4.68. The Morgan fingerprint density at radius 1 is 1.30 bits per heavy atom. The first-order chi connectivity index (χ1) is 12.8. The predicted molar refractivity (Wildman–Crippen MR) is 99.3 cm³/mol. The van der Waals surface area contributed by atoms with Crippen molar-refractivity contribution in [1.29, 1.82) is 5.26 Å². The molecule has 0 unspecified atom stereocenters. The highest BCUT2D eigenvalue weighted by atomic mass is 16.5. The van der Waals surface area contributed by atoms with Crippen LogP contribution in [0.2, 0.25) is 0 Å². The van der Waals surface area contributed by atoms with Crippen LogP contribution in [0.5, 0.6) is 5.75 Å². The van der Waals surface area contributed by atoms with Crippen LogP contribution < -0.4 is 20.9 Å². The summed E-state index contributed by atoms with van der Waals surface area (Å²) in [4.78, 5) is 38.8. The van der Waals surface area contributed by atoms with E-state index in [1.165, 1.54) is 19.4 Å². The standard InChI is InChI=1S/C19H26N4O4/c1-19(2,11-20)9-17(25)22-13-6-4-5-7-14(13)23-18(26)12-10-21-16(24)8-15(12)27-3/h8,10,13-14H,4-7,9H2,1-3H3,(H,21,24)(H,22,25)(H,23,26)/t13-,14-/m1/s1. The third-order valence-corrected chi connectivity index (χ3v) is 4.68. The number of nitrogens with one attached hydrogen (secondary N) is 3. The Bertz CT molecular complexity index is 794. The van der Waals surface area contributed by atoms with Gasteiger partial charge >= 0.3 is 0 Å². The van der Waals surface area contributed by atoms with Gasteiger partial charge in [-0.3, -0.25) is 14.4 Å². The van der Waals surface area contributed by atoms with Gasteiger partial charge in [-0.2, -0.15) is 5.26 Å². The predicted octanol–water partition coefficient (Wildman–Crippen LogP) is 1.48. The number of hydrogen-bond acceptors (Lipinski definition) is 5. The van der Waals surface area contributed by atoms with E-state index < -0.39 is 5.41 Å². The molecule has 27 heavy (non-hydrogen) atoms. The molecule has 2 rings (SSSR count). The monoisotopic (exact) mass is 374 g/mol. The Kier molecular flexibility index (Phi) is 6.61. The lowest BCUT2D eigenvalue weighted by atomic mass is 9.88. The maximum atomic E-state index is 12.6. The van der Waals surface area contributed by atoms with Crippen molar-refractivity contribution in [3.05, 3.63) is 28.2 Å². The lowest BCUT2D eigenvalue weighted by Gasteiger charge is -2.33. The number of H-pyrrole nitrogens is 1. The summed E-state index contributed by atoms with van der Waals surface area (Å²) in [5, 5.41) is 15.0. The first-order valence-corrected chi connectivity index (χ1v) is 9.04. The van der Waals surface area contributed by atoms with E-state index in [9.17, 15) is 14.4 Å². The molecule has 2 amide bonds. The van der Waals surface area contributed by atoms with Gasteiger partial charge in [-0.1, -0.05) is 12.8 Å². The minimum atomic E-state index is -0.735. The number of carbonyl (C=O) groups is 2. The summed E-state index contributed by atoms with van der Waals surface area (Å²) >= 11 is 0. The summed E-state index contributed by atoms with van der Waals surface area (Å²) in [6.45, 7) is 3.43. The Morgan fingerprint density at radius 2 is 1.93 bits per heavy atom. The van der Waals surface area contributed by atoms with Gasteiger partial charge in [0.05, 0.1) is 24.2 Å². The molecule has 1 fully saturated rings. The summed E-state index contributed by atoms with van der Waals surface area (Å²) < 4.78 is 5.11. The molecule has 8 nitrogen and oxygen atoms in total. The second kappa shape index (κ2) is 8.71. The molecule has 8 heteroatoms. The van der Waals surface area contributed by atoms with Crippen molar-refractivity contribution in [1.82, 2.24) is 15.6 Å². The number of nitrogens with zero attached hydrogens (tertiary/aromatic N) is 1. The number of carbonyl (C=O) groups excluding carboxylic acids is 2. The molecule has 3 N–H and O–H groups in total. The zero-order valence-electron chi connectivity index (χ0n) is 15.9. The van der Waals surface area contributed by atoms with Gasteiger partial charge in [-0.05, 0) is 26.7 Å². The molecule has 0 bridgehead atoms. The van der Waals surface area contributed by atoms with E-state index in [1.807, 2.05) is 0 Å². The molecule has 1 aromatic heterocycles. The van der Waals surface area contributed by atoms with Crippen LogP contribution in [0.25, 0.3) is 0 Å². The third kappa shape index (κ3) is 5.58. The van der Waals surface area contributed by atoms with Gasteiger partial charge in [0, 0.05) is 30.8 Å². The minimum Gasteiger partial charge on any atom is -0.496 e. The van der Waals surface area contributed by atoms with Crippen LogP contribution in [0.4, 0.5) is 0 Å². The van der Waals surface area contributed by atoms with Gasteiger partial charge in [0.25, 0.3) is 11.5 Å². The van der Waals surface area contributed by atoms with Crippen molar-refractivity contribution in [2.75, 3.05) is 7.11 Å². The fraction of sp³-hybridized carbons (Fsp3) is 0.579. The van der Waals surface area contributed by atoms with Gasteiger partial charge < -0.3 is 20.4 Å². The zero-order valence-corrected chi connectivity index (χ0v) is 15.9. The summed E-state index contributed by atoms with van der Waals surface area (Å²) in [7, 11) is 1.39. The van der Waals surface area contributed by atoms with Crippen molar-refractivity contribution >= 4 is 11.8 Å². The quantitative estimate of drug-likeness (QED) is 0.696. The van der Waals surface area contributed by atoms with Crippen LogP contribution in [0.15, 0.2) is 17.1 Å². The smallest absolute Gasteiger partial charge is 0.256 e. The lowest BCUT2D eigenvalue weighted by Crippen LogP contribution is -2.53. The molecule has 1 aliphatic carbocycles. The van der Waals surface area contributed by atoms with Crippen molar-refractivity contribution in [2.45, 2.75) is 58.0 Å². The Balaban J connectivity index is 2.07. The Labute approximate surface area is 158 Å². The fourth-order valence-corrected chi connectivity index (χ4v) is 3.22. The van der Waals surface area contributed by atoms with E-state index >= 15 is 0 Å². The molecule has 2 atom stereocenters. The zero-order chi connectivity index (χ0) is 20.0. The summed E-state index contributed by atoms with van der Waals surface area (Å²) in [5.74, 6) is -0.371. The number of methoxy groups -OCH3 is 1. The molecule has 1 heterocycles. The highest BCUT2D eigenvalue weighted by Gasteiger charge is 2.30. The first kappa shape index (κ1) is 20.5. The van der Waals surface area contributed by atoms with Crippen LogP contribution in [-0.4, -0.2) is 36.0 Å². The van der Waals surface area contributed by atoms with E-state index in [-0.39, 0.29) is 47.2 Å². The minimum absolute atomic E-state index is 0.106. The summed E-state index contributed by atoms with van der Waals surface area (Å²) in [6.07, 6.45) is 4.83. The maximum absolute atomic E-state index is 12.6. The van der Waals surface area contributed by atoms with Crippen LogP contribution in [0.3, 0.4) is 0 Å². The van der Waals surface area contributed by atoms with Crippen molar-refractivity contribution in [3.63, 3.8) is 0 Å². The molecule has 0 spiro atoms. The topological polar surface area (TPSA) is 124 Å². The van der Waals surface area contributed by atoms with Crippen molar-refractivity contribution in [2.24, 2.45) is 5.41 Å². The normalized spacial score (nSPS) is 19.6. The number of pyridine rings is 1. The van der Waals surface area contributed by atoms with Crippen molar-refractivity contribution < 1.29 is 14.3 Å². The molecule has 146 valence electrons. The molecule has 1 saturated carbocycles. The molecule has 0 aromatic carbocycles. The molecule has 0 aliphatic heterocycles. The maximum Gasteiger partial charge on any atom is 0.256 e. The van der Waals surface area contributed by atoms with Gasteiger partial charge in [0.2, 0.25) is 5.91 Å². The van der Waals surface area contributed by atoms with Gasteiger partial charge in [-0.15, -0.1) is 0 Å². The van der Waals surface area contributed by atoms with E-state index in [0.29, 0.717) is 0 Å². The van der Waals surface area contributed by atoms with Crippen molar-refractivity contribution in [3.8, 4) is 11.8 Å². The first-order valence-electron chi connectivity index (χ1n) is 9.04. The Hall–Kier alpha value is -2.82. The van der Waals surface area contributed by atoms with E-state index in [1.54, 1.807) is 13.8 Å². The number of ether oxygens (including phenoxy) is 1. The molecular weight excluding hydrogens is 348 g/mol. The van der Waals surface area contributed by atoms with Gasteiger partial charge in [-0.25, -0.2) is 0 Å². The summed E-state index contributed by atoms with van der Waals surface area (Å²) in [5.41, 5.74) is -0.856. The molecule has 0 saturated heterocycles.